The van der Waals surface area contributed by atoms with Crippen molar-refractivity contribution in [2.24, 2.45) is 0 Å². The summed E-state index contributed by atoms with van der Waals surface area (Å²) >= 11 is 0. The second-order valence-electron chi connectivity index (χ2n) is 6.44. The van der Waals surface area contributed by atoms with E-state index in [-0.39, 0.29) is 25.1 Å². The molecule has 1 fully saturated rings. The van der Waals surface area contributed by atoms with Gasteiger partial charge in [0.15, 0.2) is 0 Å². The number of anilines is 1. The second-order valence-corrected chi connectivity index (χ2v) is 8.35. The van der Waals surface area contributed by atoms with E-state index in [0.717, 1.165) is 36.2 Å². The first-order valence-corrected chi connectivity index (χ1v) is 10.7. The number of hydrogen-bond acceptors (Lipinski definition) is 5. The number of rotatable bonds is 7. The Labute approximate surface area is 154 Å². The van der Waals surface area contributed by atoms with Crippen LogP contribution in [0.25, 0.3) is 0 Å². The molecule has 0 bridgehead atoms. The van der Waals surface area contributed by atoms with Crippen molar-refractivity contribution in [3.8, 4) is 0 Å². The largest absolute Gasteiger partial charge is 0.462 e. The van der Waals surface area contributed by atoms with Crippen LogP contribution in [0.2, 0.25) is 0 Å². The van der Waals surface area contributed by atoms with Crippen LogP contribution in [0, 0.1) is 0 Å². The zero-order valence-corrected chi connectivity index (χ0v) is 16.0. The van der Waals surface area contributed by atoms with Crippen molar-refractivity contribution in [1.82, 2.24) is 5.32 Å². The quantitative estimate of drug-likeness (QED) is 0.729. The number of esters is 1. The van der Waals surface area contributed by atoms with Crippen LogP contribution in [-0.4, -0.2) is 45.7 Å². The van der Waals surface area contributed by atoms with Crippen molar-refractivity contribution in [2.75, 3.05) is 23.7 Å². The van der Waals surface area contributed by atoms with Crippen LogP contribution in [-0.2, 0) is 19.6 Å². The van der Waals surface area contributed by atoms with Crippen LogP contribution in [0.3, 0.4) is 0 Å². The molecular weight excluding hydrogens is 356 g/mol. The fraction of sp³-hybridized carbons (Fsp3) is 0.556. The standard InChI is InChI=1S/C18H26N2O5S/c1-3-25-18(22)14-9-11-16(12-10-14)20(26(2,23)24)13-17(21)19-15-7-5-4-6-8-15/h9-12,15H,3-8,13H2,1-2H3,(H,19,21). The van der Waals surface area contributed by atoms with Gasteiger partial charge in [-0.3, -0.25) is 9.10 Å². The Morgan fingerprint density at radius 1 is 1.15 bits per heavy atom. The minimum Gasteiger partial charge on any atom is -0.462 e. The second kappa shape index (κ2) is 9.02. The number of carbonyl (C=O) groups is 2. The van der Waals surface area contributed by atoms with E-state index in [1.165, 1.54) is 30.7 Å². The molecule has 26 heavy (non-hydrogen) atoms. The number of ether oxygens (including phenoxy) is 1. The molecule has 1 aromatic rings. The van der Waals surface area contributed by atoms with Crippen LogP contribution >= 0.6 is 0 Å². The van der Waals surface area contributed by atoms with E-state index in [2.05, 4.69) is 5.32 Å². The molecule has 1 N–H and O–H groups in total. The van der Waals surface area contributed by atoms with E-state index in [0.29, 0.717) is 11.3 Å². The van der Waals surface area contributed by atoms with Gasteiger partial charge in [0.25, 0.3) is 0 Å². The third-order valence-electron chi connectivity index (χ3n) is 4.32. The van der Waals surface area contributed by atoms with Gasteiger partial charge in [-0.15, -0.1) is 0 Å². The zero-order chi connectivity index (χ0) is 19.2. The van der Waals surface area contributed by atoms with Crippen molar-refractivity contribution in [2.45, 2.75) is 45.1 Å². The van der Waals surface area contributed by atoms with Crippen molar-refractivity contribution in [3.05, 3.63) is 29.8 Å². The van der Waals surface area contributed by atoms with Crippen molar-refractivity contribution in [1.29, 1.82) is 0 Å². The van der Waals surface area contributed by atoms with Crippen molar-refractivity contribution in [3.63, 3.8) is 0 Å². The Morgan fingerprint density at radius 2 is 1.77 bits per heavy atom. The summed E-state index contributed by atoms with van der Waals surface area (Å²) < 4.78 is 30.2. The Hall–Kier alpha value is -2.09. The summed E-state index contributed by atoms with van der Waals surface area (Å²) in [5.41, 5.74) is 0.662. The van der Waals surface area contributed by atoms with Gasteiger partial charge in [0.1, 0.15) is 6.54 Å². The molecule has 0 saturated heterocycles. The van der Waals surface area contributed by atoms with E-state index in [1.54, 1.807) is 6.92 Å². The average molecular weight is 382 g/mol. The van der Waals surface area contributed by atoms with Gasteiger partial charge in [-0.1, -0.05) is 19.3 Å². The zero-order valence-electron chi connectivity index (χ0n) is 15.2. The molecule has 0 radical (unpaired) electrons. The number of nitrogens with zero attached hydrogens (tertiary/aromatic N) is 1. The predicted molar refractivity (Wildman–Crippen MR) is 99.6 cm³/mol. The highest BCUT2D eigenvalue weighted by atomic mass is 32.2. The summed E-state index contributed by atoms with van der Waals surface area (Å²) in [4.78, 5) is 24.0. The number of amides is 1. The van der Waals surface area contributed by atoms with Gasteiger partial charge >= 0.3 is 5.97 Å². The maximum atomic E-state index is 12.3. The summed E-state index contributed by atoms with van der Waals surface area (Å²) in [6.07, 6.45) is 6.25. The molecule has 1 aliphatic carbocycles. The van der Waals surface area contributed by atoms with E-state index in [9.17, 15) is 18.0 Å². The molecule has 144 valence electrons. The van der Waals surface area contributed by atoms with Crippen LogP contribution in [0.15, 0.2) is 24.3 Å². The molecule has 0 heterocycles. The van der Waals surface area contributed by atoms with E-state index in [1.807, 2.05) is 0 Å². The maximum absolute atomic E-state index is 12.3. The Kier molecular flexibility index (Phi) is 7.02. The van der Waals surface area contributed by atoms with Gasteiger partial charge in [0, 0.05) is 6.04 Å². The highest BCUT2D eigenvalue weighted by Gasteiger charge is 2.23. The van der Waals surface area contributed by atoms with Gasteiger partial charge in [0.2, 0.25) is 15.9 Å². The Bertz CT molecular complexity index is 724. The first-order chi connectivity index (χ1) is 12.3. The van der Waals surface area contributed by atoms with Crippen molar-refractivity contribution >= 4 is 27.6 Å². The maximum Gasteiger partial charge on any atom is 0.338 e. The number of nitrogens with one attached hydrogen (secondary N) is 1. The summed E-state index contributed by atoms with van der Waals surface area (Å²) in [7, 11) is -3.64. The lowest BCUT2D eigenvalue weighted by Gasteiger charge is -2.26. The summed E-state index contributed by atoms with van der Waals surface area (Å²) in [5.74, 6) is -0.795. The Balaban J connectivity index is 2.09. The molecule has 1 aliphatic rings. The molecule has 7 nitrogen and oxygen atoms in total. The smallest absolute Gasteiger partial charge is 0.338 e. The number of carbonyl (C=O) groups excluding carboxylic acids is 2. The lowest BCUT2D eigenvalue weighted by Crippen LogP contribution is -2.44. The third kappa shape index (κ3) is 5.72. The number of sulfonamides is 1. The first kappa shape index (κ1) is 20.2. The van der Waals surface area contributed by atoms with Crippen molar-refractivity contribution < 1.29 is 22.7 Å². The lowest BCUT2D eigenvalue weighted by atomic mass is 9.95. The third-order valence-corrected chi connectivity index (χ3v) is 5.46. The minimum atomic E-state index is -3.64. The molecule has 0 aromatic heterocycles. The van der Waals surface area contributed by atoms with Gasteiger partial charge in [-0.2, -0.15) is 0 Å². The summed E-state index contributed by atoms with van der Waals surface area (Å²) in [6.45, 7) is 1.69. The summed E-state index contributed by atoms with van der Waals surface area (Å²) in [5, 5.41) is 2.92. The predicted octanol–water partition coefficient (Wildman–Crippen LogP) is 2.08. The average Bonchev–Trinajstić information content (AvgIpc) is 2.60. The van der Waals surface area contributed by atoms with Gasteiger partial charge in [-0.05, 0) is 44.0 Å². The van der Waals surface area contributed by atoms with E-state index >= 15 is 0 Å². The van der Waals surface area contributed by atoms with Gasteiger partial charge < -0.3 is 10.1 Å². The van der Waals surface area contributed by atoms with Crippen LogP contribution in [0.5, 0.6) is 0 Å². The van der Waals surface area contributed by atoms with Gasteiger partial charge in [-0.25, -0.2) is 13.2 Å². The topological polar surface area (TPSA) is 92.8 Å². The number of hydrogen-bond donors (Lipinski definition) is 1. The van der Waals surface area contributed by atoms with Crippen LogP contribution in [0.4, 0.5) is 5.69 Å². The molecule has 2 rings (SSSR count). The highest BCUT2D eigenvalue weighted by Crippen LogP contribution is 2.20. The molecular formula is C18H26N2O5S. The SMILES string of the molecule is CCOC(=O)c1ccc(N(CC(=O)NC2CCCCC2)S(C)(=O)=O)cc1. The normalized spacial score (nSPS) is 15.3. The molecule has 0 unspecified atom stereocenters. The molecule has 1 saturated carbocycles. The molecule has 0 atom stereocenters. The fourth-order valence-electron chi connectivity index (χ4n) is 3.03. The minimum absolute atomic E-state index is 0.115. The van der Waals surface area contributed by atoms with Crippen LogP contribution < -0.4 is 9.62 Å². The molecule has 1 amide bonds. The van der Waals surface area contributed by atoms with E-state index in [4.69, 9.17) is 4.74 Å². The highest BCUT2D eigenvalue weighted by molar-refractivity contribution is 7.92. The molecule has 0 aliphatic heterocycles. The van der Waals surface area contributed by atoms with E-state index < -0.39 is 16.0 Å². The molecule has 1 aromatic carbocycles. The number of benzene rings is 1. The Morgan fingerprint density at radius 3 is 2.31 bits per heavy atom. The lowest BCUT2D eigenvalue weighted by molar-refractivity contribution is -0.120. The molecule has 0 spiro atoms. The molecule has 8 heteroatoms. The monoisotopic (exact) mass is 382 g/mol. The van der Waals surface area contributed by atoms with Gasteiger partial charge in [0.05, 0.1) is 24.1 Å². The van der Waals surface area contributed by atoms with Crippen LogP contribution in [0.1, 0.15) is 49.4 Å². The summed E-state index contributed by atoms with van der Waals surface area (Å²) in [6, 6.07) is 6.10. The first-order valence-electron chi connectivity index (χ1n) is 8.85. The fourth-order valence-corrected chi connectivity index (χ4v) is 3.89.